The summed E-state index contributed by atoms with van der Waals surface area (Å²) in [7, 11) is 0. The fourth-order valence-corrected chi connectivity index (χ4v) is 5.05. The van der Waals surface area contributed by atoms with Gasteiger partial charge in [0.15, 0.2) is 0 Å². The number of hydrogen-bond acceptors (Lipinski definition) is 6. The molecule has 0 radical (unpaired) electrons. The first-order valence-corrected chi connectivity index (χ1v) is 13.1. The summed E-state index contributed by atoms with van der Waals surface area (Å²) in [5.41, 5.74) is 1.16. The van der Waals surface area contributed by atoms with Gasteiger partial charge in [0.05, 0.1) is 17.2 Å². The summed E-state index contributed by atoms with van der Waals surface area (Å²) in [6.07, 6.45) is 2.90. The van der Waals surface area contributed by atoms with Gasteiger partial charge in [-0.2, -0.15) is 0 Å². The van der Waals surface area contributed by atoms with Crippen LogP contribution in [0, 0.1) is 5.82 Å². The molecule has 10 heteroatoms. The fraction of sp³-hybridized carbons (Fsp3) is 0.0667. The Bertz CT molecular complexity index is 1570. The Morgan fingerprint density at radius 3 is 2.33 bits per heavy atom. The highest BCUT2D eigenvalue weighted by Crippen LogP contribution is 2.34. The quantitative estimate of drug-likeness (QED) is 0.227. The van der Waals surface area contributed by atoms with E-state index in [0.29, 0.717) is 27.6 Å². The lowest BCUT2D eigenvalue weighted by atomic mass is 10.2. The van der Waals surface area contributed by atoms with Crippen LogP contribution in [0.25, 0.3) is 6.08 Å². The summed E-state index contributed by atoms with van der Waals surface area (Å²) in [6.45, 7) is 0. The van der Waals surface area contributed by atoms with E-state index in [1.807, 2.05) is 0 Å². The minimum absolute atomic E-state index is 0.0153. The molecule has 0 aliphatic carbocycles. The number of furan rings is 1. The number of anilines is 2. The van der Waals surface area contributed by atoms with Crippen molar-refractivity contribution in [3.63, 3.8) is 0 Å². The molecule has 1 aliphatic rings. The predicted molar refractivity (Wildman–Crippen MR) is 149 cm³/mol. The summed E-state index contributed by atoms with van der Waals surface area (Å²) in [5, 5.41) is 4.75. The minimum atomic E-state index is -0.631. The molecule has 2 heterocycles. The van der Waals surface area contributed by atoms with Crippen LogP contribution in [-0.4, -0.2) is 28.9 Å². The zero-order chi connectivity index (χ0) is 28.1. The molecule has 40 heavy (non-hydrogen) atoms. The van der Waals surface area contributed by atoms with Crippen molar-refractivity contribution in [3.8, 4) is 0 Å². The number of halogens is 1. The number of nitrogens with one attached hydrogen (secondary N) is 2. The second-order valence-corrected chi connectivity index (χ2v) is 10.0. The van der Waals surface area contributed by atoms with Crippen molar-refractivity contribution in [2.24, 2.45) is 0 Å². The number of imide groups is 1. The van der Waals surface area contributed by atoms with Crippen molar-refractivity contribution >= 4 is 52.8 Å². The number of carbonyl (C=O) groups excluding carboxylic acids is 4. The normalized spacial score (nSPS) is 15.3. The predicted octanol–water partition coefficient (Wildman–Crippen LogP) is 5.25. The maximum absolute atomic E-state index is 13.3. The van der Waals surface area contributed by atoms with E-state index >= 15 is 0 Å². The first-order valence-electron chi connectivity index (χ1n) is 12.2. The van der Waals surface area contributed by atoms with Gasteiger partial charge in [0.1, 0.15) is 17.3 Å². The lowest BCUT2D eigenvalue weighted by Crippen LogP contribution is -2.31. The van der Waals surface area contributed by atoms with Gasteiger partial charge >= 0.3 is 0 Å². The average molecular weight is 556 g/mol. The van der Waals surface area contributed by atoms with E-state index in [-0.39, 0.29) is 23.9 Å². The van der Waals surface area contributed by atoms with Crippen LogP contribution in [0.1, 0.15) is 22.5 Å². The maximum Gasteiger partial charge on any atom is 0.272 e. The molecule has 1 aliphatic heterocycles. The van der Waals surface area contributed by atoms with E-state index in [4.69, 9.17) is 4.42 Å². The van der Waals surface area contributed by atoms with Crippen molar-refractivity contribution in [1.82, 2.24) is 5.32 Å². The van der Waals surface area contributed by atoms with E-state index in [1.165, 1.54) is 48.4 Å². The minimum Gasteiger partial charge on any atom is -0.465 e. The van der Waals surface area contributed by atoms with Gasteiger partial charge in [-0.05, 0) is 72.8 Å². The molecule has 4 aromatic rings. The molecular formula is C30H22FN3O5S. The van der Waals surface area contributed by atoms with Crippen LogP contribution in [0.5, 0.6) is 0 Å². The summed E-state index contributed by atoms with van der Waals surface area (Å²) in [5.74, 6) is -1.82. The number of thioether (sulfide) groups is 1. The lowest BCUT2D eigenvalue weighted by molar-refractivity contribution is -0.121. The van der Waals surface area contributed by atoms with Crippen molar-refractivity contribution in [1.29, 1.82) is 0 Å². The molecule has 1 saturated heterocycles. The molecule has 0 bridgehead atoms. The first kappa shape index (κ1) is 26.6. The van der Waals surface area contributed by atoms with Gasteiger partial charge in [-0.1, -0.05) is 18.2 Å². The highest BCUT2D eigenvalue weighted by atomic mass is 32.2. The number of rotatable bonds is 8. The molecule has 1 fully saturated rings. The molecule has 3 aromatic carbocycles. The monoisotopic (exact) mass is 555 g/mol. The van der Waals surface area contributed by atoms with Crippen LogP contribution in [-0.2, 0) is 14.4 Å². The average Bonchev–Trinajstić information content (AvgIpc) is 3.57. The second-order valence-electron chi connectivity index (χ2n) is 8.73. The number of amides is 4. The second kappa shape index (κ2) is 11.8. The first-order chi connectivity index (χ1) is 19.4. The van der Waals surface area contributed by atoms with Crippen molar-refractivity contribution in [2.75, 3.05) is 10.2 Å². The zero-order valence-electron chi connectivity index (χ0n) is 20.9. The smallest absolute Gasteiger partial charge is 0.272 e. The molecule has 0 saturated carbocycles. The van der Waals surface area contributed by atoms with Crippen molar-refractivity contribution in [3.05, 3.63) is 120 Å². The third kappa shape index (κ3) is 6.19. The van der Waals surface area contributed by atoms with E-state index in [2.05, 4.69) is 10.6 Å². The summed E-state index contributed by atoms with van der Waals surface area (Å²) >= 11 is 1.23. The molecule has 1 unspecified atom stereocenters. The number of nitrogens with zero attached hydrogens (tertiary/aromatic N) is 1. The molecule has 200 valence electrons. The molecule has 0 spiro atoms. The molecular weight excluding hydrogens is 533 g/mol. The third-order valence-electron chi connectivity index (χ3n) is 5.94. The highest BCUT2D eigenvalue weighted by Gasteiger charge is 2.40. The highest BCUT2D eigenvalue weighted by molar-refractivity contribution is 8.00. The molecule has 8 nitrogen and oxygen atoms in total. The third-order valence-corrected chi connectivity index (χ3v) is 7.14. The van der Waals surface area contributed by atoms with Gasteiger partial charge in [0.2, 0.25) is 11.8 Å². The van der Waals surface area contributed by atoms with E-state index < -0.39 is 22.9 Å². The van der Waals surface area contributed by atoms with Crippen LogP contribution in [0.2, 0.25) is 0 Å². The van der Waals surface area contributed by atoms with E-state index in [0.717, 1.165) is 4.90 Å². The van der Waals surface area contributed by atoms with Gasteiger partial charge in [-0.3, -0.25) is 19.2 Å². The van der Waals surface area contributed by atoms with E-state index in [1.54, 1.807) is 66.7 Å². The standard InChI is InChI=1S/C30H22FN3O5S/c31-20-8-12-22(13-9-20)34-27(35)18-26(30(34)38)40-24-14-10-21(11-15-24)32-29(37)25(17-23-7-4-16-39-23)33-28(36)19-5-2-1-3-6-19/h1-17,26H,18H2,(H,32,37)(H,33,36)/b25-17-. The Labute approximate surface area is 232 Å². The Balaban J connectivity index is 1.25. The molecule has 5 rings (SSSR count). The van der Waals surface area contributed by atoms with Gasteiger partial charge in [0, 0.05) is 28.6 Å². The summed E-state index contributed by atoms with van der Waals surface area (Å²) in [4.78, 5) is 53.0. The number of benzene rings is 3. The Morgan fingerprint density at radius 1 is 0.925 bits per heavy atom. The SMILES string of the molecule is O=C(Nc1ccc(SC2CC(=O)N(c3ccc(F)cc3)C2=O)cc1)/C(=C/c1ccco1)NC(=O)c1ccccc1. The molecule has 1 aromatic heterocycles. The van der Waals surface area contributed by atoms with Gasteiger partial charge in [-0.25, -0.2) is 9.29 Å². The Morgan fingerprint density at radius 2 is 1.65 bits per heavy atom. The van der Waals surface area contributed by atoms with Crippen molar-refractivity contribution in [2.45, 2.75) is 16.6 Å². The molecule has 4 amide bonds. The molecule has 1 atom stereocenters. The van der Waals surface area contributed by atoms with Crippen LogP contribution in [0.3, 0.4) is 0 Å². The van der Waals surface area contributed by atoms with Crippen LogP contribution < -0.4 is 15.5 Å². The van der Waals surface area contributed by atoms with Crippen LogP contribution in [0.15, 0.2) is 112 Å². The van der Waals surface area contributed by atoms with Crippen molar-refractivity contribution < 1.29 is 28.0 Å². The topological polar surface area (TPSA) is 109 Å². The summed E-state index contributed by atoms with van der Waals surface area (Å²) in [6, 6.07) is 23.8. The Hall–Kier alpha value is -4.96. The fourth-order valence-electron chi connectivity index (χ4n) is 4.00. The lowest BCUT2D eigenvalue weighted by Gasteiger charge is -2.15. The number of hydrogen-bond donors (Lipinski definition) is 2. The van der Waals surface area contributed by atoms with E-state index in [9.17, 15) is 23.6 Å². The van der Waals surface area contributed by atoms with Gasteiger partial charge in [0.25, 0.3) is 11.8 Å². The van der Waals surface area contributed by atoms with Gasteiger partial charge < -0.3 is 15.1 Å². The largest absolute Gasteiger partial charge is 0.465 e. The number of carbonyl (C=O) groups is 4. The van der Waals surface area contributed by atoms with Gasteiger partial charge in [-0.15, -0.1) is 11.8 Å². The zero-order valence-corrected chi connectivity index (χ0v) is 21.7. The maximum atomic E-state index is 13.3. The summed E-state index contributed by atoms with van der Waals surface area (Å²) < 4.78 is 18.6. The van der Waals surface area contributed by atoms with Crippen LogP contribution in [0.4, 0.5) is 15.8 Å². The van der Waals surface area contributed by atoms with Crippen LogP contribution >= 0.6 is 11.8 Å². The Kier molecular flexibility index (Phi) is 7.88. The molecule has 2 N–H and O–H groups in total.